The first-order valence-electron chi connectivity index (χ1n) is 7.80. The molecule has 0 radical (unpaired) electrons. The van der Waals surface area contributed by atoms with Crippen molar-refractivity contribution in [3.05, 3.63) is 16.7 Å². The molecule has 11 nitrogen and oxygen atoms in total. The quantitative estimate of drug-likeness (QED) is 0.663. The highest BCUT2D eigenvalue weighted by Crippen LogP contribution is 2.28. The molecule has 1 aliphatic heterocycles. The van der Waals surface area contributed by atoms with Crippen molar-refractivity contribution in [2.24, 2.45) is 5.92 Å². The van der Waals surface area contributed by atoms with Crippen LogP contribution in [0.5, 0.6) is 0 Å². The maximum atomic E-state index is 12.3. The second-order valence-electron chi connectivity index (χ2n) is 5.57. The minimum atomic E-state index is -0.473. The average molecular weight is 382 g/mol. The van der Waals surface area contributed by atoms with Crippen LogP contribution in [0.25, 0.3) is 0 Å². The molecule has 1 atom stereocenters. The van der Waals surface area contributed by atoms with Gasteiger partial charge in [-0.1, -0.05) is 16.5 Å². The lowest BCUT2D eigenvalue weighted by atomic mass is 10.1. The van der Waals surface area contributed by atoms with E-state index in [0.29, 0.717) is 22.6 Å². The fourth-order valence-electron chi connectivity index (χ4n) is 2.46. The number of anilines is 1. The van der Waals surface area contributed by atoms with E-state index in [1.54, 1.807) is 7.11 Å². The Bertz CT molecular complexity index is 777. The first-order chi connectivity index (χ1) is 12.6. The fourth-order valence-corrected chi connectivity index (χ4v) is 3.30. The summed E-state index contributed by atoms with van der Waals surface area (Å²) in [5.41, 5.74) is 0. The molecule has 1 N–H and O–H groups in total. The summed E-state index contributed by atoms with van der Waals surface area (Å²) >= 11 is 1.27. The van der Waals surface area contributed by atoms with E-state index < -0.39 is 5.92 Å². The summed E-state index contributed by atoms with van der Waals surface area (Å²) in [4.78, 5) is 30.1. The summed E-state index contributed by atoms with van der Waals surface area (Å²) in [5, 5.41) is 15.5. The molecule has 0 saturated carbocycles. The van der Waals surface area contributed by atoms with Gasteiger partial charge in [0, 0.05) is 27.2 Å². The van der Waals surface area contributed by atoms with E-state index in [1.165, 1.54) is 23.3 Å². The van der Waals surface area contributed by atoms with Gasteiger partial charge in [-0.25, -0.2) is 0 Å². The van der Waals surface area contributed by atoms with Crippen LogP contribution in [0.3, 0.4) is 0 Å². The number of nitrogens with zero attached hydrogens (tertiary/aromatic N) is 5. The van der Waals surface area contributed by atoms with Gasteiger partial charge >= 0.3 is 0 Å². The second-order valence-corrected chi connectivity index (χ2v) is 6.61. The first kappa shape index (κ1) is 18.4. The van der Waals surface area contributed by atoms with Gasteiger partial charge in [0.25, 0.3) is 0 Å². The van der Waals surface area contributed by atoms with Crippen LogP contribution < -0.4 is 10.2 Å². The number of methoxy groups -OCH3 is 2. The van der Waals surface area contributed by atoms with Crippen molar-refractivity contribution in [3.63, 3.8) is 0 Å². The molecule has 12 heteroatoms. The molecule has 2 aromatic rings. The molecule has 1 unspecified atom stereocenters. The molecule has 26 heavy (non-hydrogen) atoms. The van der Waals surface area contributed by atoms with Gasteiger partial charge in [0.1, 0.15) is 18.2 Å². The van der Waals surface area contributed by atoms with Crippen molar-refractivity contribution < 1.29 is 23.6 Å². The Morgan fingerprint density at radius 1 is 1.35 bits per heavy atom. The molecule has 0 aromatic carbocycles. The molecule has 1 saturated heterocycles. The van der Waals surface area contributed by atoms with Gasteiger partial charge < -0.3 is 19.3 Å². The van der Waals surface area contributed by atoms with E-state index in [-0.39, 0.29) is 43.8 Å². The molecule has 2 aromatic heterocycles. The number of hydrogen-bond donors (Lipinski definition) is 1. The molecule has 2 amide bonds. The zero-order valence-corrected chi connectivity index (χ0v) is 15.1. The summed E-state index contributed by atoms with van der Waals surface area (Å²) in [5.74, 6) is -0.208. The molecular formula is C14H18N6O5S. The predicted molar refractivity (Wildman–Crippen MR) is 87.9 cm³/mol. The van der Waals surface area contributed by atoms with Crippen LogP contribution in [0, 0.1) is 5.92 Å². The SMILES string of the molecule is COCc1noc(CNC(=O)C2CC(=O)N(c3nnc(COC)s3)C2)n1. The zero-order valence-electron chi connectivity index (χ0n) is 14.3. The lowest BCUT2D eigenvalue weighted by molar-refractivity contribution is -0.126. The third-order valence-electron chi connectivity index (χ3n) is 3.65. The van der Waals surface area contributed by atoms with Crippen molar-refractivity contribution >= 4 is 28.3 Å². The van der Waals surface area contributed by atoms with Gasteiger partial charge in [0.2, 0.25) is 22.8 Å². The number of amides is 2. The van der Waals surface area contributed by atoms with Gasteiger partial charge in [-0.2, -0.15) is 4.98 Å². The Hall–Kier alpha value is -2.44. The smallest absolute Gasteiger partial charge is 0.246 e. The Balaban J connectivity index is 1.54. The van der Waals surface area contributed by atoms with E-state index >= 15 is 0 Å². The number of rotatable bonds is 8. The summed E-state index contributed by atoms with van der Waals surface area (Å²) in [7, 11) is 3.08. The number of nitrogens with one attached hydrogen (secondary N) is 1. The van der Waals surface area contributed by atoms with E-state index in [1.807, 2.05) is 0 Å². The molecule has 0 spiro atoms. The number of aromatic nitrogens is 4. The van der Waals surface area contributed by atoms with Crippen LogP contribution >= 0.6 is 11.3 Å². The number of carbonyl (C=O) groups excluding carboxylic acids is 2. The van der Waals surface area contributed by atoms with Gasteiger partial charge in [0.05, 0.1) is 12.5 Å². The highest BCUT2D eigenvalue weighted by molar-refractivity contribution is 7.15. The molecule has 3 rings (SSSR count). The minimum absolute atomic E-state index is 0.0943. The number of hydrogen-bond acceptors (Lipinski definition) is 10. The van der Waals surface area contributed by atoms with Crippen LogP contribution in [0.1, 0.15) is 23.1 Å². The topological polar surface area (TPSA) is 133 Å². The third kappa shape index (κ3) is 4.20. The van der Waals surface area contributed by atoms with Crippen molar-refractivity contribution in [1.82, 2.24) is 25.7 Å². The van der Waals surface area contributed by atoms with Crippen molar-refractivity contribution in [2.45, 2.75) is 26.2 Å². The van der Waals surface area contributed by atoms with E-state index in [2.05, 4.69) is 25.7 Å². The molecule has 3 heterocycles. The Morgan fingerprint density at radius 3 is 2.92 bits per heavy atom. The van der Waals surface area contributed by atoms with Gasteiger partial charge in [-0.3, -0.25) is 14.5 Å². The van der Waals surface area contributed by atoms with Crippen molar-refractivity contribution in [2.75, 3.05) is 25.7 Å². The fraction of sp³-hybridized carbons (Fsp3) is 0.571. The molecule has 0 aliphatic carbocycles. The standard InChI is InChI=1S/C14H18N6O5S/c1-23-6-9-16-10(25-19-9)4-15-13(22)8-3-12(21)20(5-8)14-18-17-11(26-14)7-24-2/h8H,3-7H2,1-2H3,(H,15,22). The number of ether oxygens (including phenoxy) is 2. The van der Waals surface area contributed by atoms with E-state index in [9.17, 15) is 9.59 Å². The third-order valence-corrected chi connectivity index (χ3v) is 4.57. The second kappa shape index (κ2) is 8.29. The van der Waals surface area contributed by atoms with Crippen LogP contribution in [0.4, 0.5) is 5.13 Å². The van der Waals surface area contributed by atoms with Crippen molar-refractivity contribution in [1.29, 1.82) is 0 Å². The molecule has 0 bridgehead atoms. The van der Waals surface area contributed by atoms with Crippen LogP contribution in [-0.4, -0.2) is 52.9 Å². The first-order valence-corrected chi connectivity index (χ1v) is 8.62. The summed E-state index contributed by atoms with van der Waals surface area (Å²) in [6.45, 7) is 0.914. The lowest BCUT2D eigenvalue weighted by Crippen LogP contribution is -2.32. The maximum Gasteiger partial charge on any atom is 0.246 e. The molecule has 1 fully saturated rings. The summed E-state index contributed by atoms with van der Waals surface area (Å²) in [6.07, 6.45) is 0.115. The maximum absolute atomic E-state index is 12.3. The highest BCUT2D eigenvalue weighted by Gasteiger charge is 2.36. The highest BCUT2D eigenvalue weighted by atomic mass is 32.1. The van der Waals surface area contributed by atoms with Crippen molar-refractivity contribution in [3.8, 4) is 0 Å². The zero-order chi connectivity index (χ0) is 18.5. The molecular weight excluding hydrogens is 364 g/mol. The predicted octanol–water partition coefficient (Wildman–Crippen LogP) is -0.117. The van der Waals surface area contributed by atoms with Crippen LogP contribution in [-0.2, 0) is 38.8 Å². The normalized spacial score (nSPS) is 17.1. The van der Waals surface area contributed by atoms with Gasteiger partial charge in [0.15, 0.2) is 5.82 Å². The number of carbonyl (C=O) groups is 2. The summed E-state index contributed by atoms with van der Waals surface area (Å²) in [6, 6.07) is 0. The van der Waals surface area contributed by atoms with Crippen LogP contribution in [0.15, 0.2) is 4.52 Å². The largest absolute Gasteiger partial charge is 0.377 e. The average Bonchev–Trinajstić information content (AvgIpc) is 3.33. The monoisotopic (exact) mass is 382 g/mol. The van der Waals surface area contributed by atoms with Gasteiger partial charge in [-0.05, 0) is 0 Å². The van der Waals surface area contributed by atoms with Gasteiger partial charge in [-0.15, -0.1) is 10.2 Å². The molecule has 1 aliphatic rings. The van der Waals surface area contributed by atoms with E-state index in [0.717, 1.165) is 0 Å². The Morgan fingerprint density at radius 2 is 2.15 bits per heavy atom. The molecule has 140 valence electrons. The Kier molecular flexibility index (Phi) is 5.85. The Labute approximate surface area is 152 Å². The minimum Gasteiger partial charge on any atom is -0.377 e. The van der Waals surface area contributed by atoms with Crippen LogP contribution in [0.2, 0.25) is 0 Å². The van der Waals surface area contributed by atoms with E-state index in [4.69, 9.17) is 14.0 Å². The summed E-state index contributed by atoms with van der Waals surface area (Å²) < 4.78 is 14.9. The lowest BCUT2D eigenvalue weighted by Gasteiger charge is -2.12.